The van der Waals surface area contributed by atoms with E-state index < -0.39 is 0 Å². The minimum Gasteiger partial charge on any atom is -0.346 e. The summed E-state index contributed by atoms with van der Waals surface area (Å²) >= 11 is 1.56. The van der Waals surface area contributed by atoms with Crippen molar-refractivity contribution in [2.75, 3.05) is 0 Å². The molecule has 3 rings (SSSR count). The minimum absolute atomic E-state index is 0.0647. The van der Waals surface area contributed by atoms with Crippen LogP contribution >= 0.6 is 11.3 Å². The van der Waals surface area contributed by atoms with Crippen LogP contribution in [0.4, 0.5) is 0 Å². The zero-order chi connectivity index (χ0) is 17.1. The first-order valence-corrected chi connectivity index (χ1v) is 8.72. The number of carbonyl (C=O) groups excluding carboxylic acids is 1. The third-order valence-electron chi connectivity index (χ3n) is 3.74. The van der Waals surface area contributed by atoms with Gasteiger partial charge in [-0.1, -0.05) is 30.3 Å². The van der Waals surface area contributed by atoms with Gasteiger partial charge in [-0.3, -0.25) is 9.48 Å². The van der Waals surface area contributed by atoms with E-state index in [1.54, 1.807) is 16.0 Å². The number of aromatic nitrogens is 3. The van der Waals surface area contributed by atoms with Crippen LogP contribution in [-0.2, 0) is 11.3 Å². The van der Waals surface area contributed by atoms with Gasteiger partial charge in [0.2, 0.25) is 5.91 Å². The van der Waals surface area contributed by atoms with Gasteiger partial charge in [-0.15, -0.1) is 11.3 Å². The summed E-state index contributed by atoms with van der Waals surface area (Å²) < 4.78 is 1.72. The van der Waals surface area contributed by atoms with E-state index in [-0.39, 0.29) is 18.5 Å². The zero-order valence-electron chi connectivity index (χ0n) is 14.0. The molecule has 0 aliphatic rings. The minimum atomic E-state index is -0.128. The van der Waals surface area contributed by atoms with E-state index in [4.69, 9.17) is 0 Å². The van der Waals surface area contributed by atoms with E-state index in [1.807, 2.05) is 62.5 Å². The van der Waals surface area contributed by atoms with Gasteiger partial charge in [0.1, 0.15) is 11.6 Å². The van der Waals surface area contributed by atoms with Crippen molar-refractivity contribution in [3.8, 4) is 11.3 Å². The molecule has 124 valence electrons. The molecule has 0 unspecified atom stereocenters. The molecular formula is C18H20N4OS. The number of thiazole rings is 1. The summed E-state index contributed by atoms with van der Waals surface area (Å²) in [5.41, 5.74) is 3.92. The first kappa shape index (κ1) is 16.4. The Bertz CT molecular complexity index is 838. The molecule has 1 aromatic carbocycles. The quantitative estimate of drug-likeness (QED) is 0.773. The molecule has 0 aliphatic carbocycles. The summed E-state index contributed by atoms with van der Waals surface area (Å²) in [6, 6.07) is 11.9. The number of aryl methyl sites for hydroxylation is 2. The van der Waals surface area contributed by atoms with Crippen molar-refractivity contribution in [3.05, 3.63) is 58.2 Å². The summed E-state index contributed by atoms with van der Waals surface area (Å²) in [4.78, 5) is 16.9. The van der Waals surface area contributed by atoms with Gasteiger partial charge in [-0.25, -0.2) is 4.98 Å². The zero-order valence-corrected chi connectivity index (χ0v) is 14.8. The molecule has 0 fully saturated rings. The molecule has 1 amide bonds. The first-order chi connectivity index (χ1) is 11.5. The van der Waals surface area contributed by atoms with Crippen molar-refractivity contribution in [2.24, 2.45) is 0 Å². The predicted octanol–water partition coefficient (Wildman–Crippen LogP) is 3.50. The Balaban J connectivity index is 1.64. The fraction of sp³-hybridized carbons (Fsp3) is 0.278. The van der Waals surface area contributed by atoms with Crippen molar-refractivity contribution in [2.45, 2.75) is 33.4 Å². The van der Waals surface area contributed by atoms with Crippen LogP contribution in [0.25, 0.3) is 11.3 Å². The largest absolute Gasteiger partial charge is 0.346 e. The number of hydrogen-bond donors (Lipinski definition) is 1. The summed E-state index contributed by atoms with van der Waals surface area (Å²) in [5, 5.41) is 10.2. The van der Waals surface area contributed by atoms with Crippen LogP contribution in [0.2, 0.25) is 0 Å². The summed E-state index contributed by atoms with van der Waals surface area (Å²) in [7, 11) is 0. The van der Waals surface area contributed by atoms with Crippen LogP contribution in [0.3, 0.4) is 0 Å². The normalized spacial score (nSPS) is 12.1. The van der Waals surface area contributed by atoms with Gasteiger partial charge in [0.25, 0.3) is 0 Å². The molecule has 0 saturated heterocycles. The van der Waals surface area contributed by atoms with E-state index in [1.165, 1.54) is 0 Å². The number of nitrogens with zero attached hydrogens (tertiary/aromatic N) is 3. The van der Waals surface area contributed by atoms with Gasteiger partial charge in [0.15, 0.2) is 0 Å². The van der Waals surface area contributed by atoms with Crippen LogP contribution in [-0.4, -0.2) is 20.7 Å². The van der Waals surface area contributed by atoms with Crippen LogP contribution < -0.4 is 5.32 Å². The number of benzene rings is 1. The lowest BCUT2D eigenvalue weighted by Gasteiger charge is -2.12. The Labute approximate surface area is 145 Å². The molecule has 0 aliphatic heterocycles. The van der Waals surface area contributed by atoms with Crippen LogP contribution in [0, 0.1) is 13.8 Å². The standard InChI is InChI=1S/C18H20N4OS/c1-12-9-13(2)22(21-12)10-17(23)19-14(3)18-20-16(11-24-18)15-7-5-4-6-8-15/h4-9,11,14H,10H2,1-3H3,(H,19,23)/t14-/m1/s1. The molecule has 0 spiro atoms. The van der Waals surface area contributed by atoms with Gasteiger partial charge in [-0.2, -0.15) is 5.10 Å². The fourth-order valence-corrected chi connectivity index (χ4v) is 3.38. The van der Waals surface area contributed by atoms with Crippen LogP contribution in [0.5, 0.6) is 0 Å². The Hall–Kier alpha value is -2.47. The second-order valence-electron chi connectivity index (χ2n) is 5.81. The molecule has 3 aromatic rings. The Morgan fingerprint density at radius 1 is 1.29 bits per heavy atom. The van der Waals surface area contributed by atoms with Crippen molar-refractivity contribution in [1.29, 1.82) is 0 Å². The Kier molecular flexibility index (Phi) is 4.76. The molecule has 0 bridgehead atoms. The maximum absolute atomic E-state index is 12.2. The fourth-order valence-electron chi connectivity index (χ4n) is 2.55. The number of rotatable bonds is 5. The van der Waals surface area contributed by atoms with Gasteiger partial charge < -0.3 is 5.32 Å². The molecule has 6 heteroatoms. The summed E-state index contributed by atoms with van der Waals surface area (Å²) in [5.74, 6) is -0.0647. The molecule has 2 heterocycles. The molecular weight excluding hydrogens is 320 g/mol. The second kappa shape index (κ2) is 6.97. The second-order valence-corrected chi connectivity index (χ2v) is 6.70. The van der Waals surface area contributed by atoms with E-state index in [2.05, 4.69) is 15.4 Å². The average Bonchev–Trinajstić information content (AvgIpc) is 3.15. The van der Waals surface area contributed by atoms with Gasteiger partial charge in [0.05, 0.1) is 17.4 Å². The van der Waals surface area contributed by atoms with Gasteiger partial charge in [-0.05, 0) is 26.8 Å². The number of amides is 1. The number of nitrogens with one attached hydrogen (secondary N) is 1. The summed E-state index contributed by atoms with van der Waals surface area (Å²) in [6.45, 7) is 6.04. The average molecular weight is 340 g/mol. The lowest BCUT2D eigenvalue weighted by molar-refractivity contribution is -0.122. The molecule has 2 aromatic heterocycles. The highest BCUT2D eigenvalue weighted by Crippen LogP contribution is 2.25. The topological polar surface area (TPSA) is 59.8 Å². The smallest absolute Gasteiger partial charge is 0.242 e. The number of carbonyl (C=O) groups is 1. The highest BCUT2D eigenvalue weighted by Gasteiger charge is 2.15. The van der Waals surface area contributed by atoms with E-state index in [0.29, 0.717) is 0 Å². The van der Waals surface area contributed by atoms with Crippen molar-refractivity contribution in [1.82, 2.24) is 20.1 Å². The van der Waals surface area contributed by atoms with Gasteiger partial charge in [0, 0.05) is 16.6 Å². The summed E-state index contributed by atoms with van der Waals surface area (Å²) in [6.07, 6.45) is 0. The molecule has 0 radical (unpaired) electrons. The lowest BCUT2D eigenvalue weighted by Crippen LogP contribution is -2.30. The maximum atomic E-state index is 12.2. The number of hydrogen-bond acceptors (Lipinski definition) is 4. The monoisotopic (exact) mass is 340 g/mol. The highest BCUT2D eigenvalue weighted by atomic mass is 32.1. The van der Waals surface area contributed by atoms with Gasteiger partial charge >= 0.3 is 0 Å². The third kappa shape index (κ3) is 3.71. The van der Waals surface area contributed by atoms with E-state index in [0.717, 1.165) is 27.7 Å². The Morgan fingerprint density at radius 2 is 2.04 bits per heavy atom. The molecule has 0 saturated carbocycles. The third-order valence-corrected chi connectivity index (χ3v) is 4.76. The maximum Gasteiger partial charge on any atom is 0.242 e. The molecule has 1 atom stereocenters. The van der Waals surface area contributed by atoms with Crippen molar-refractivity contribution in [3.63, 3.8) is 0 Å². The Morgan fingerprint density at radius 3 is 2.71 bits per heavy atom. The predicted molar refractivity (Wildman–Crippen MR) is 95.8 cm³/mol. The van der Waals surface area contributed by atoms with E-state index in [9.17, 15) is 4.79 Å². The first-order valence-electron chi connectivity index (χ1n) is 7.84. The van der Waals surface area contributed by atoms with Crippen LogP contribution in [0.1, 0.15) is 29.4 Å². The lowest BCUT2D eigenvalue weighted by atomic mass is 10.2. The highest BCUT2D eigenvalue weighted by molar-refractivity contribution is 7.10. The van der Waals surface area contributed by atoms with Crippen LogP contribution in [0.15, 0.2) is 41.8 Å². The molecule has 1 N–H and O–H groups in total. The van der Waals surface area contributed by atoms with Crippen molar-refractivity contribution < 1.29 is 4.79 Å². The molecule has 5 nitrogen and oxygen atoms in total. The SMILES string of the molecule is Cc1cc(C)n(CC(=O)N[C@H](C)c2nc(-c3ccccc3)cs2)n1. The van der Waals surface area contributed by atoms with Crippen molar-refractivity contribution >= 4 is 17.2 Å². The molecule has 24 heavy (non-hydrogen) atoms. The van der Waals surface area contributed by atoms with E-state index >= 15 is 0 Å².